The van der Waals surface area contributed by atoms with E-state index < -0.39 is 0 Å². The molecule has 6 heteroatoms. The maximum Gasteiger partial charge on any atom is 0.254 e. The second kappa shape index (κ2) is 7.60. The Morgan fingerprint density at radius 3 is 2.68 bits per heavy atom. The van der Waals surface area contributed by atoms with Crippen molar-refractivity contribution < 1.29 is 4.79 Å². The normalized spacial score (nSPS) is 10.9. The summed E-state index contributed by atoms with van der Waals surface area (Å²) in [4.78, 5) is 19.4. The lowest BCUT2D eigenvalue weighted by molar-refractivity contribution is 0.0752. The topological polar surface area (TPSA) is 63.9 Å². The van der Waals surface area contributed by atoms with Gasteiger partial charge < -0.3 is 4.90 Å². The fourth-order valence-corrected chi connectivity index (χ4v) is 3.21. The zero-order valence-corrected chi connectivity index (χ0v) is 15.9. The van der Waals surface area contributed by atoms with Crippen LogP contribution in [-0.2, 0) is 6.54 Å². The molecule has 2 aromatic heterocycles. The fourth-order valence-electron chi connectivity index (χ4n) is 3.21. The number of carbonyl (C=O) groups is 1. The molecule has 140 valence electrons. The van der Waals surface area contributed by atoms with Crippen LogP contribution in [0.2, 0.25) is 0 Å². The van der Waals surface area contributed by atoms with Crippen LogP contribution in [0, 0.1) is 6.92 Å². The van der Waals surface area contributed by atoms with Gasteiger partial charge in [0, 0.05) is 24.8 Å². The lowest BCUT2D eigenvalue weighted by Gasteiger charge is -2.21. The molecule has 4 rings (SSSR count). The van der Waals surface area contributed by atoms with Gasteiger partial charge in [0.05, 0.1) is 5.69 Å². The SMILES string of the molecule is CCN(Cc1ccccc1)C(=O)c1ccc(C)c(-n2nnc3cccnc32)c1. The van der Waals surface area contributed by atoms with Crippen molar-refractivity contribution in [2.24, 2.45) is 0 Å². The van der Waals surface area contributed by atoms with Gasteiger partial charge in [-0.2, -0.15) is 4.68 Å². The Balaban J connectivity index is 1.69. The Labute approximate surface area is 163 Å². The number of rotatable bonds is 5. The average molecular weight is 371 g/mol. The van der Waals surface area contributed by atoms with Crippen LogP contribution in [0.15, 0.2) is 66.9 Å². The Bertz CT molecular complexity index is 1120. The van der Waals surface area contributed by atoms with E-state index in [1.54, 1.807) is 10.9 Å². The van der Waals surface area contributed by atoms with Crippen LogP contribution in [0.4, 0.5) is 0 Å². The zero-order chi connectivity index (χ0) is 19.5. The van der Waals surface area contributed by atoms with Crippen molar-refractivity contribution in [1.82, 2.24) is 24.9 Å². The lowest BCUT2D eigenvalue weighted by Crippen LogP contribution is -2.30. The number of hydrogen-bond donors (Lipinski definition) is 0. The minimum Gasteiger partial charge on any atom is -0.335 e. The number of nitrogens with zero attached hydrogens (tertiary/aromatic N) is 5. The third-order valence-corrected chi connectivity index (χ3v) is 4.78. The quantitative estimate of drug-likeness (QED) is 0.535. The van der Waals surface area contributed by atoms with Crippen LogP contribution in [0.3, 0.4) is 0 Å². The van der Waals surface area contributed by atoms with Gasteiger partial charge in [0.2, 0.25) is 0 Å². The summed E-state index contributed by atoms with van der Waals surface area (Å²) < 4.78 is 1.69. The molecular weight excluding hydrogens is 350 g/mol. The number of pyridine rings is 1. The highest BCUT2D eigenvalue weighted by atomic mass is 16.2. The van der Waals surface area contributed by atoms with E-state index in [4.69, 9.17) is 0 Å². The molecule has 0 atom stereocenters. The Kier molecular flexibility index (Phi) is 4.85. The van der Waals surface area contributed by atoms with Crippen molar-refractivity contribution in [1.29, 1.82) is 0 Å². The van der Waals surface area contributed by atoms with Gasteiger partial charge in [-0.3, -0.25) is 4.79 Å². The Morgan fingerprint density at radius 1 is 1.07 bits per heavy atom. The Hall–Kier alpha value is -3.54. The molecule has 0 spiro atoms. The summed E-state index contributed by atoms with van der Waals surface area (Å²) in [5.74, 6) is -0.00927. The molecule has 0 N–H and O–H groups in total. The first kappa shape index (κ1) is 17.9. The summed E-state index contributed by atoms with van der Waals surface area (Å²) in [6.45, 7) is 5.18. The molecule has 28 heavy (non-hydrogen) atoms. The molecule has 4 aromatic rings. The molecule has 0 radical (unpaired) electrons. The van der Waals surface area contributed by atoms with E-state index in [0.717, 1.165) is 22.3 Å². The van der Waals surface area contributed by atoms with Crippen LogP contribution >= 0.6 is 0 Å². The van der Waals surface area contributed by atoms with E-state index >= 15 is 0 Å². The molecule has 0 aliphatic carbocycles. The number of amides is 1. The predicted molar refractivity (Wildman–Crippen MR) is 108 cm³/mol. The van der Waals surface area contributed by atoms with Crippen LogP contribution < -0.4 is 0 Å². The molecule has 0 unspecified atom stereocenters. The molecule has 0 saturated carbocycles. The van der Waals surface area contributed by atoms with E-state index in [1.807, 2.05) is 79.4 Å². The van der Waals surface area contributed by atoms with Gasteiger partial charge in [0.15, 0.2) is 5.65 Å². The number of hydrogen-bond acceptors (Lipinski definition) is 4. The van der Waals surface area contributed by atoms with E-state index in [2.05, 4.69) is 15.3 Å². The zero-order valence-electron chi connectivity index (χ0n) is 15.9. The molecule has 0 fully saturated rings. The average Bonchev–Trinajstić information content (AvgIpc) is 3.16. The molecule has 2 heterocycles. The van der Waals surface area contributed by atoms with E-state index in [-0.39, 0.29) is 5.91 Å². The predicted octanol–water partition coefficient (Wildman–Crippen LogP) is 3.79. The minimum absolute atomic E-state index is 0.00927. The van der Waals surface area contributed by atoms with Gasteiger partial charge in [-0.05, 0) is 49.2 Å². The van der Waals surface area contributed by atoms with Crippen LogP contribution in [0.1, 0.15) is 28.4 Å². The largest absolute Gasteiger partial charge is 0.335 e. The van der Waals surface area contributed by atoms with Crippen molar-refractivity contribution in [2.45, 2.75) is 20.4 Å². The number of carbonyl (C=O) groups excluding carboxylic acids is 1. The summed E-state index contributed by atoms with van der Waals surface area (Å²) in [7, 11) is 0. The fraction of sp³-hybridized carbons (Fsp3) is 0.182. The first-order valence-corrected chi connectivity index (χ1v) is 9.28. The van der Waals surface area contributed by atoms with E-state index in [9.17, 15) is 4.79 Å². The number of aryl methyl sites for hydroxylation is 1. The van der Waals surface area contributed by atoms with Crippen molar-refractivity contribution in [2.75, 3.05) is 6.54 Å². The highest BCUT2D eigenvalue weighted by molar-refractivity contribution is 5.95. The smallest absolute Gasteiger partial charge is 0.254 e. The monoisotopic (exact) mass is 371 g/mol. The third-order valence-electron chi connectivity index (χ3n) is 4.78. The van der Waals surface area contributed by atoms with Crippen LogP contribution in [0.25, 0.3) is 16.9 Å². The molecule has 0 aliphatic rings. The molecule has 0 saturated heterocycles. The second-order valence-electron chi connectivity index (χ2n) is 6.65. The van der Waals surface area contributed by atoms with E-state index in [0.29, 0.717) is 24.3 Å². The third kappa shape index (κ3) is 3.36. The van der Waals surface area contributed by atoms with Gasteiger partial charge in [0.1, 0.15) is 5.52 Å². The molecule has 0 bridgehead atoms. The molecule has 1 amide bonds. The summed E-state index contributed by atoms with van der Waals surface area (Å²) >= 11 is 0. The van der Waals surface area contributed by atoms with Crippen molar-refractivity contribution in [3.63, 3.8) is 0 Å². The van der Waals surface area contributed by atoms with E-state index in [1.165, 1.54) is 0 Å². The number of aromatic nitrogens is 4. The summed E-state index contributed by atoms with van der Waals surface area (Å²) in [6, 6.07) is 19.4. The van der Waals surface area contributed by atoms with Gasteiger partial charge in [-0.15, -0.1) is 5.10 Å². The van der Waals surface area contributed by atoms with Crippen LogP contribution in [0.5, 0.6) is 0 Å². The van der Waals surface area contributed by atoms with Crippen LogP contribution in [-0.4, -0.2) is 37.3 Å². The summed E-state index contributed by atoms with van der Waals surface area (Å²) in [6.07, 6.45) is 1.71. The van der Waals surface area contributed by atoms with Crippen molar-refractivity contribution in [3.05, 3.63) is 83.6 Å². The van der Waals surface area contributed by atoms with Gasteiger partial charge in [-0.25, -0.2) is 4.98 Å². The minimum atomic E-state index is -0.00927. The number of benzene rings is 2. The van der Waals surface area contributed by atoms with Gasteiger partial charge >= 0.3 is 0 Å². The molecular formula is C22H21N5O. The first-order valence-electron chi connectivity index (χ1n) is 9.28. The summed E-state index contributed by atoms with van der Waals surface area (Å²) in [5, 5.41) is 8.41. The second-order valence-corrected chi connectivity index (χ2v) is 6.65. The maximum atomic E-state index is 13.1. The van der Waals surface area contributed by atoms with Gasteiger partial charge in [0.25, 0.3) is 5.91 Å². The Morgan fingerprint density at radius 2 is 1.89 bits per heavy atom. The first-order chi connectivity index (χ1) is 13.7. The summed E-state index contributed by atoms with van der Waals surface area (Å²) in [5.41, 5.74) is 4.93. The highest BCUT2D eigenvalue weighted by Crippen LogP contribution is 2.20. The molecule has 2 aromatic carbocycles. The lowest BCUT2D eigenvalue weighted by atomic mass is 10.1. The van der Waals surface area contributed by atoms with Gasteiger partial charge in [-0.1, -0.05) is 41.6 Å². The molecule has 6 nitrogen and oxygen atoms in total. The standard InChI is InChI=1S/C22H21N5O/c1-3-26(15-17-8-5-4-6-9-17)22(28)18-12-11-16(2)20(14-18)27-21-19(24-25-27)10-7-13-23-21/h4-14H,3,15H2,1-2H3. The number of fused-ring (bicyclic) bond motifs is 1. The van der Waals surface area contributed by atoms with Crippen molar-refractivity contribution >= 4 is 17.1 Å². The highest BCUT2D eigenvalue weighted by Gasteiger charge is 2.17. The van der Waals surface area contributed by atoms with Crippen molar-refractivity contribution in [3.8, 4) is 5.69 Å². The molecule has 0 aliphatic heterocycles. The maximum absolute atomic E-state index is 13.1.